The van der Waals surface area contributed by atoms with Crippen molar-refractivity contribution in [3.05, 3.63) is 41.1 Å². The van der Waals surface area contributed by atoms with Crippen LogP contribution in [0.3, 0.4) is 0 Å². The summed E-state index contributed by atoms with van der Waals surface area (Å²) in [4.78, 5) is 13.2. The third-order valence-corrected chi connectivity index (χ3v) is 3.62. The molecule has 0 aliphatic heterocycles. The van der Waals surface area contributed by atoms with Crippen molar-refractivity contribution in [3.8, 4) is 0 Å². The average molecular weight is 297 g/mol. The summed E-state index contributed by atoms with van der Waals surface area (Å²) < 4.78 is 5.24. The number of fused-ring (bicyclic) bond motifs is 1. The molecule has 6 nitrogen and oxygen atoms in total. The van der Waals surface area contributed by atoms with Gasteiger partial charge in [0.05, 0.1) is 5.69 Å². The molecule has 1 N–H and O–H groups in total. The van der Waals surface area contributed by atoms with E-state index in [2.05, 4.69) is 45.3 Å². The maximum Gasteiger partial charge on any atom is 0.263 e. The molecule has 1 unspecified atom stereocenters. The van der Waals surface area contributed by atoms with E-state index in [1.54, 1.807) is 0 Å². The van der Waals surface area contributed by atoms with E-state index in [1.807, 2.05) is 26.1 Å². The minimum atomic E-state index is 0.181. The van der Waals surface area contributed by atoms with Gasteiger partial charge in [-0.2, -0.15) is 4.98 Å². The number of anilines is 1. The Morgan fingerprint density at radius 1 is 1.23 bits per heavy atom. The van der Waals surface area contributed by atoms with Crippen LogP contribution in [-0.4, -0.2) is 26.2 Å². The van der Waals surface area contributed by atoms with E-state index in [-0.39, 0.29) is 6.04 Å². The van der Waals surface area contributed by atoms with E-state index >= 15 is 0 Å². The van der Waals surface area contributed by atoms with Crippen molar-refractivity contribution >= 4 is 16.9 Å². The van der Waals surface area contributed by atoms with Crippen LogP contribution in [0.1, 0.15) is 29.7 Å². The molecule has 0 bridgehead atoms. The molecule has 22 heavy (non-hydrogen) atoms. The highest BCUT2D eigenvalue weighted by molar-refractivity contribution is 5.87. The Hall–Kier alpha value is -2.50. The molecule has 3 aromatic heterocycles. The van der Waals surface area contributed by atoms with Crippen molar-refractivity contribution in [2.24, 2.45) is 0 Å². The summed E-state index contributed by atoms with van der Waals surface area (Å²) in [5.41, 5.74) is 3.60. The number of pyridine rings is 1. The molecule has 1 atom stereocenters. The Bertz CT molecular complexity index is 811. The maximum atomic E-state index is 5.24. The zero-order valence-electron chi connectivity index (χ0n) is 13.2. The average Bonchev–Trinajstić information content (AvgIpc) is 2.82. The van der Waals surface area contributed by atoms with Gasteiger partial charge in [0.25, 0.3) is 5.71 Å². The summed E-state index contributed by atoms with van der Waals surface area (Å²) in [7, 11) is 0. The smallest absolute Gasteiger partial charge is 0.263 e. The number of hydrogen-bond donors (Lipinski definition) is 1. The molecule has 0 amide bonds. The lowest BCUT2D eigenvalue weighted by atomic mass is 10.1. The molecule has 0 saturated carbocycles. The van der Waals surface area contributed by atoms with Gasteiger partial charge < -0.3 is 9.84 Å². The molecule has 0 saturated heterocycles. The fraction of sp³-hybridized carbons (Fsp3) is 0.375. The Morgan fingerprint density at radius 2 is 2.05 bits per heavy atom. The molecule has 114 valence electrons. The van der Waals surface area contributed by atoms with Crippen molar-refractivity contribution in [2.45, 2.75) is 40.2 Å². The molecule has 0 radical (unpaired) electrons. The van der Waals surface area contributed by atoms with Gasteiger partial charge in [-0.05, 0) is 39.3 Å². The van der Waals surface area contributed by atoms with Gasteiger partial charge in [-0.3, -0.25) is 4.98 Å². The van der Waals surface area contributed by atoms with Crippen molar-refractivity contribution in [2.75, 3.05) is 5.32 Å². The van der Waals surface area contributed by atoms with Gasteiger partial charge in [0.1, 0.15) is 17.0 Å². The van der Waals surface area contributed by atoms with Gasteiger partial charge in [-0.25, -0.2) is 4.98 Å². The predicted octanol–water partition coefficient (Wildman–Crippen LogP) is 2.98. The van der Waals surface area contributed by atoms with Gasteiger partial charge in [0.15, 0.2) is 0 Å². The van der Waals surface area contributed by atoms with E-state index in [0.717, 1.165) is 29.0 Å². The number of aryl methyl sites for hydroxylation is 3. The Labute approximate surface area is 129 Å². The van der Waals surface area contributed by atoms with Crippen LogP contribution in [-0.2, 0) is 6.42 Å². The molecular weight excluding hydrogens is 278 g/mol. The summed E-state index contributed by atoms with van der Waals surface area (Å²) in [5, 5.41) is 8.25. The highest BCUT2D eigenvalue weighted by Gasteiger charge is 2.16. The van der Waals surface area contributed by atoms with Gasteiger partial charge in [0.2, 0.25) is 0 Å². The first-order valence-corrected chi connectivity index (χ1v) is 7.32. The minimum absolute atomic E-state index is 0.181. The van der Waals surface area contributed by atoms with Crippen molar-refractivity contribution in [3.63, 3.8) is 0 Å². The van der Waals surface area contributed by atoms with Crippen molar-refractivity contribution < 1.29 is 4.52 Å². The lowest BCUT2D eigenvalue weighted by molar-refractivity contribution is 0.442. The Balaban J connectivity index is 1.86. The summed E-state index contributed by atoms with van der Waals surface area (Å²) in [5.74, 6) is 1.43. The van der Waals surface area contributed by atoms with E-state index in [0.29, 0.717) is 11.5 Å². The van der Waals surface area contributed by atoms with Crippen LogP contribution in [0.25, 0.3) is 11.1 Å². The van der Waals surface area contributed by atoms with Crippen LogP contribution >= 0.6 is 0 Å². The fourth-order valence-corrected chi connectivity index (χ4v) is 2.51. The minimum Gasteiger partial charge on any atom is -0.366 e. The lowest BCUT2D eigenvalue weighted by Crippen LogP contribution is -2.20. The summed E-state index contributed by atoms with van der Waals surface area (Å²) in [6.07, 6.45) is 2.65. The van der Waals surface area contributed by atoms with Gasteiger partial charge in [-0.1, -0.05) is 11.2 Å². The molecule has 3 rings (SSSR count). The first-order valence-electron chi connectivity index (χ1n) is 7.32. The molecule has 0 fully saturated rings. The molecular formula is C16H19N5O. The third kappa shape index (κ3) is 2.77. The van der Waals surface area contributed by atoms with Gasteiger partial charge in [0, 0.05) is 24.4 Å². The number of aromatic nitrogens is 4. The van der Waals surface area contributed by atoms with E-state index in [1.165, 1.54) is 5.56 Å². The van der Waals surface area contributed by atoms with Crippen LogP contribution in [0.15, 0.2) is 22.9 Å². The molecule has 0 aliphatic carbocycles. The fourth-order valence-electron chi connectivity index (χ4n) is 2.51. The third-order valence-electron chi connectivity index (χ3n) is 3.62. The molecule has 0 aromatic carbocycles. The van der Waals surface area contributed by atoms with E-state index in [9.17, 15) is 0 Å². The second kappa shape index (κ2) is 5.71. The normalized spacial score (nSPS) is 12.5. The predicted molar refractivity (Wildman–Crippen MR) is 84.8 cm³/mol. The Kier molecular flexibility index (Phi) is 3.75. The standard InChI is InChI=1S/C16H19N5O/c1-9-6-5-7-17-13(9)8-10(2)18-15-14-11(3)21-22-16(14)20-12(4)19-15/h5-7,10H,8H2,1-4H3,(H,18,19,20). The summed E-state index contributed by atoms with van der Waals surface area (Å²) in [6, 6.07) is 4.21. The first-order chi connectivity index (χ1) is 10.5. The molecule has 0 aliphatic rings. The molecule has 0 spiro atoms. The van der Waals surface area contributed by atoms with Gasteiger partial charge >= 0.3 is 0 Å². The summed E-state index contributed by atoms with van der Waals surface area (Å²) >= 11 is 0. The quantitative estimate of drug-likeness (QED) is 0.797. The largest absolute Gasteiger partial charge is 0.366 e. The highest BCUT2D eigenvalue weighted by Crippen LogP contribution is 2.24. The number of nitrogens with zero attached hydrogens (tertiary/aromatic N) is 4. The lowest BCUT2D eigenvalue weighted by Gasteiger charge is -2.16. The second-order valence-electron chi connectivity index (χ2n) is 5.58. The number of nitrogens with one attached hydrogen (secondary N) is 1. The van der Waals surface area contributed by atoms with Crippen molar-refractivity contribution in [1.82, 2.24) is 20.1 Å². The molecule has 6 heteroatoms. The SMILES string of the molecule is Cc1nc(NC(C)Cc2ncccc2C)c2c(C)noc2n1. The topological polar surface area (TPSA) is 76.7 Å². The first kappa shape index (κ1) is 14.4. The number of rotatable bonds is 4. The van der Waals surface area contributed by atoms with E-state index in [4.69, 9.17) is 4.52 Å². The van der Waals surface area contributed by atoms with Crippen LogP contribution in [0, 0.1) is 20.8 Å². The molecule has 3 aromatic rings. The van der Waals surface area contributed by atoms with Crippen LogP contribution < -0.4 is 5.32 Å². The van der Waals surface area contributed by atoms with Gasteiger partial charge in [-0.15, -0.1) is 0 Å². The van der Waals surface area contributed by atoms with Crippen LogP contribution in [0.2, 0.25) is 0 Å². The highest BCUT2D eigenvalue weighted by atomic mass is 16.5. The maximum absolute atomic E-state index is 5.24. The zero-order valence-corrected chi connectivity index (χ0v) is 13.2. The Morgan fingerprint density at radius 3 is 2.82 bits per heavy atom. The van der Waals surface area contributed by atoms with Crippen LogP contribution in [0.5, 0.6) is 0 Å². The summed E-state index contributed by atoms with van der Waals surface area (Å²) in [6.45, 7) is 7.92. The van der Waals surface area contributed by atoms with E-state index < -0.39 is 0 Å². The van der Waals surface area contributed by atoms with Crippen LogP contribution in [0.4, 0.5) is 5.82 Å². The monoisotopic (exact) mass is 297 g/mol. The number of hydrogen-bond acceptors (Lipinski definition) is 6. The molecule has 3 heterocycles. The second-order valence-corrected chi connectivity index (χ2v) is 5.58. The van der Waals surface area contributed by atoms with Crippen molar-refractivity contribution in [1.29, 1.82) is 0 Å². The zero-order chi connectivity index (χ0) is 15.7.